The van der Waals surface area contributed by atoms with Crippen LogP contribution in [0.15, 0.2) is 83.8 Å². The highest BCUT2D eigenvalue weighted by atomic mass is 35.5. The number of carbonyl (C=O) groups is 2. The number of nitrogens with one attached hydrogen (secondary N) is 1. The fraction of sp³-hybridized carbons (Fsp3) is 0.333. The molecule has 0 radical (unpaired) electrons. The van der Waals surface area contributed by atoms with E-state index in [1.165, 1.54) is 17.0 Å². The number of aryl methyl sites for hydroxylation is 1. The maximum absolute atomic E-state index is 14.0. The lowest BCUT2D eigenvalue weighted by Gasteiger charge is -2.33. The van der Waals surface area contributed by atoms with Gasteiger partial charge in [0.15, 0.2) is 0 Å². The van der Waals surface area contributed by atoms with Gasteiger partial charge in [0.2, 0.25) is 11.8 Å². The number of benzene rings is 3. The molecule has 9 heteroatoms. The second-order valence-electron chi connectivity index (χ2n) is 9.84. The van der Waals surface area contributed by atoms with Crippen LogP contribution in [-0.2, 0) is 26.2 Å². The molecular formula is C30H36ClN3O4S. The molecule has 0 bridgehead atoms. The van der Waals surface area contributed by atoms with E-state index in [2.05, 4.69) is 5.32 Å². The lowest BCUT2D eigenvalue weighted by molar-refractivity contribution is -0.140. The number of hydrogen-bond donors (Lipinski definition) is 1. The van der Waals surface area contributed by atoms with Crippen LogP contribution in [0.1, 0.15) is 38.3 Å². The van der Waals surface area contributed by atoms with Gasteiger partial charge in [-0.15, -0.1) is 0 Å². The Morgan fingerprint density at radius 2 is 1.54 bits per heavy atom. The van der Waals surface area contributed by atoms with E-state index in [1.807, 2.05) is 33.8 Å². The Hall–Kier alpha value is -3.36. The third kappa shape index (κ3) is 7.83. The Morgan fingerprint density at radius 1 is 0.923 bits per heavy atom. The average molecular weight is 570 g/mol. The normalized spacial score (nSPS) is 12.2. The minimum absolute atomic E-state index is 0.0548. The predicted octanol–water partition coefficient (Wildman–Crippen LogP) is 5.42. The Bertz CT molecular complexity index is 1360. The van der Waals surface area contributed by atoms with Crippen molar-refractivity contribution in [3.63, 3.8) is 0 Å². The quantitative estimate of drug-likeness (QED) is 0.315. The minimum atomic E-state index is -4.09. The van der Waals surface area contributed by atoms with Gasteiger partial charge in [0, 0.05) is 18.1 Å². The van der Waals surface area contributed by atoms with Crippen LogP contribution in [0.25, 0.3) is 0 Å². The van der Waals surface area contributed by atoms with Gasteiger partial charge in [0.25, 0.3) is 10.0 Å². The number of sulfonamides is 1. The summed E-state index contributed by atoms with van der Waals surface area (Å²) in [6.45, 7) is 7.73. The molecule has 3 rings (SSSR count). The molecule has 1 N–H and O–H groups in total. The molecule has 2 amide bonds. The summed E-state index contributed by atoms with van der Waals surface area (Å²) in [5.74, 6) is -0.576. The van der Waals surface area contributed by atoms with Gasteiger partial charge in [-0.1, -0.05) is 86.5 Å². The van der Waals surface area contributed by atoms with Crippen molar-refractivity contribution in [3.05, 3.63) is 95.0 Å². The van der Waals surface area contributed by atoms with E-state index >= 15 is 0 Å². The Labute approximate surface area is 236 Å². The molecule has 0 heterocycles. The Morgan fingerprint density at radius 3 is 2.13 bits per heavy atom. The van der Waals surface area contributed by atoms with E-state index in [1.54, 1.807) is 60.7 Å². The molecule has 0 saturated heterocycles. The summed E-state index contributed by atoms with van der Waals surface area (Å²) in [7, 11) is -4.09. The molecule has 0 aliphatic carbocycles. The van der Waals surface area contributed by atoms with Gasteiger partial charge < -0.3 is 10.2 Å². The standard InChI is InChI=1S/C30H36ClN3O4S/c1-5-28(30(36)32-19-22(2)3)33(20-24-11-9-10-14-27(24)31)29(35)21-34(25-17-15-23(4)16-18-25)39(37,38)26-12-7-6-8-13-26/h6-18,22,28H,5,19-21H2,1-4H3,(H,32,36). The smallest absolute Gasteiger partial charge is 0.264 e. The zero-order valence-electron chi connectivity index (χ0n) is 22.8. The van der Waals surface area contributed by atoms with Crippen molar-refractivity contribution in [1.29, 1.82) is 0 Å². The maximum Gasteiger partial charge on any atom is 0.264 e. The average Bonchev–Trinajstić information content (AvgIpc) is 2.92. The lowest BCUT2D eigenvalue weighted by atomic mass is 10.1. The topological polar surface area (TPSA) is 86.8 Å². The van der Waals surface area contributed by atoms with Gasteiger partial charge in [-0.2, -0.15) is 0 Å². The van der Waals surface area contributed by atoms with Crippen LogP contribution >= 0.6 is 11.6 Å². The van der Waals surface area contributed by atoms with Gasteiger partial charge in [0.05, 0.1) is 10.6 Å². The lowest BCUT2D eigenvalue weighted by Crippen LogP contribution is -2.52. The number of amides is 2. The summed E-state index contributed by atoms with van der Waals surface area (Å²) in [5, 5.41) is 3.38. The first-order chi connectivity index (χ1) is 18.5. The summed E-state index contributed by atoms with van der Waals surface area (Å²) in [4.78, 5) is 28.8. The predicted molar refractivity (Wildman–Crippen MR) is 156 cm³/mol. The van der Waals surface area contributed by atoms with E-state index in [0.29, 0.717) is 29.2 Å². The van der Waals surface area contributed by atoms with E-state index in [4.69, 9.17) is 11.6 Å². The highest BCUT2D eigenvalue weighted by molar-refractivity contribution is 7.92. The van der Waals surface area contributed by atoms with Gasteiger partial charge >= 0.3 is 0 Å². The van der Waals surface area contributed by atoms with Crippen LogP contribution < -0.4 is 9.62 Å². The number of hydrogen-bond acceptors (Lipinski definition) is 4. The maximum atomic E-state index is 14.0. The van der Waals surface area contributed by atoms with Crippen molar-refractivity contribution in [2.75, 3.05) is 17.4 Å². The second kappa shape index (κ2) is 13.6. The van der Waals surface area contributed by atoms with Crippen LogP contribution in [0.4, 0.5) is 5.69 Å². The highest BCUT2D eigenvalue weighted by Crippen LogP contribution is 2.26. The first-order valence-electron chi connectivity index (χ1n) is 13.0. The van der Waals surface area contributed by atoms with E-state index in [9.17, 15) is 18.0 Å². The molecule has 0 aromatic heterocycles. The first-order valence-corrected chi connectivity index (χ1v) is 14.8. The number of nitrogens with zero attached hydrogens (tertiary/aromatic N) is 2. The number of rotatable bonds is 12. The van der Waals surface area contributed by atoms with E-state index in [-0.39, 0.29) is 23.3 Å². The molecule has 0 aliphatic rings. The van der Waals surface area contributed by atoms with Gasteiger partial charge in [-0.05, 0) is 55.2 Å². The summed E-state index contributed by atoms with van der Waals surface area (Å²) in [6.07, 6.45) is 0.343. The minimum Gasteiger partial charge on any atom is -0.354 e. The van der Waals surface area contributed by atoms with Crippen molar-refractivity contribution in [2.24, 2.45) is 5.92 Å². The molecule has 3 aromatic carbocycles. The first kappa shape index (κ1) is 30.2. The van der Waals surface area contributed by atoms with Gasteiger partial charge in [-0.25, -0.2) is 8.42 Å². The van der Waals surface area contributed by atoms with Crippen molar-refractivity contribution >= 4 is 39.1 Å². The molecule has 0 aliphatic heterocycles. The third-order valence-corrected chi connectivity index (χ3v) is 8.46. The molecule has 0 fully saturated rings. The summed E-state index contributed by atoms with van der Waals surface area (Å²) < 4.78 is 28.7. The fourth-order valence-electron chi connectivity index (χ4n) is 4.11. The SMILES string of the molecule is CCC(C(=O)NCC(C)C)N(Cc1ccccc1Cl)C(=O)CN(c1ccc(C)cc1)S(=O)(=O)c1ccccc1. The van der Waals surface area contributed by atoms with Crippen LogP contribution in [0.3, 0.4) is 0 Å². The molecule has 0 spiro atoms. The molecule has 1 atom stereocenters. The number of carbonyl (C=O) groups excluding carboxylic acids is 2. The Kier molecular flexibility index (Phi) is 10.5. The monoisotopic (exact) mass is 569 g/mol. The van der Waals surface area contributed by atoms with Crippen LogP contribution in [0, 0.1) is 12.8 Å². The Balaban J connectivity index is 2.04. The zero-order chi connectivity index (χ0) is 28.6. The van der Waals surface area contributed by atoms with Gasteiger partial charge in [0.1, 0.15) is 12.6 Å². The van der Waals surface area contributed by atoms with E-state index in [0.717, 1.165) is 9.87 Å². The molecule has 1 unspecified atom stereocenters. The number of anilines is 1. The molecular weight excluding hydrogens is 534 g/mol. The van der Waals surface area contributed by atoms with Crippen LogP contribution in [0.2, 0.25) is 5.02 Å². The summed E-state index contributed by atoms with van der Waals surface area (Å²) >= 11 is 6.43. The van der Waals surface area contributed by atoms with E-state index < -0.39 is 28.5 Å². The van der Waals surface area contributed by atoms with Crippen molar-refractivity contribution in [2.45, 2.75) is 51.6 Å². The van der Waals surface area contributed by atoms with Crippen molar-refractivity contribution in [1.82, 2.24) is 10.2 Å². The second-order valence-corrected chi connectivity index (χ2v) is 12.1. The van der Waals surface area contributed by atoms with Crippen LogP contribution in [-0.4, -0.2) is 44.3 Å². The number of halogens is 1. The van der Waals surface area contributed by atoms with Crippen molar-refractivity contribution < 1.29 is 18.0 Å². The molecule has 39 heavy (non-hydrogen) atoms. The largest absolute Gasteiger partial charge is 0.354 e. The third-order valence-electron chi connectivity index (χ3n) is 6.30. The van der Waals surface area contributed by atoms with Gasteiger partial charge in [-0.3, -0.25) is 13.9 Å². The molecule has 208 valence electrons. The molecule has 7 nitrogen and oxygen atoms in total. The summed E-state index contributed by atoms with van der Waals surface area (Å²) in [5.41, 5.74) is 1.97. The zero-order valence-corrected chi connectivity index (χ0v) is 24.4. The van der Waals surface area contributed by atoms with Crippen molar-refractivity contribution in [3.8, 4) is 0 Å². The highest BCUT2D eigenvalue weighted by Gasteiger charge is 2.33. The van der Waals surface area contributed by atoms with Crippen LogP contribution in [0.5, 0.6) is 0 Å². The molecule has 0 saturated carbocycles. The fourth-order valence-corrected chi connectivity index (χ4v) is 5.74. The molecule has 3 aromatic rings. The summed E-state index contributed by atoms with van der Waals surface area (Å²) in [6, 6.07) is 21.2.